The number of anilines is 1. The Labute approximate surface area is 194 Å². The number of thiazole rings is 1. The van der Waals surface area contributed by atoms with Crippen LogP contribution in [0, 0.1) is 23.7 Å². The standard InChI is InChI=1S/C24H34N4O3S/c1-15(2)12-20(28-22(30)18-6-4-5-7-19(18)23(28)31)21(29)26-24-25-17(14-32-24)13-27-10-8-16(3)9-11-27/h4-5,14-16,18-20H,6-13H2,1-3H3,(H,25,26,29)/t18-,19-,20-/m1/s1. The monoisotopic (exact) mass is 458 g/mol. The summed E-state index contributed by atoms with van der Waals surface area (Å²) >= 11 is 1.40. The molecule has 3 aliphatic rings. The number of hydrogen-bond donors (Lipinski definition) is 1. The number of rotatable bonds is 7. The summed E-state index contributed by atoms with van der Waals surface area (Å²) in [6.07, 6.45) is 7.95. The average molecular weight is 459 g/mol. The lowest BCUT2D eigenvalue weighted by atomic mass is 9.85. The number of piperidine rings is 1. The molecular formula is C24H34N4O3S. The Bertz CT molecular complexity index is 862. The van der Waals surface area contributed by atoms with Gasteiger partial charge in [-0.2, -0.15) is 0 Å². The number of hydrogen-bond acceptors (Lipinski definition) is 6. The van der Waals surface area contributed by atoms with Crippen LogP contribution in [0.5, 0.6) is 0 Å². The summed E-state index contributed by atoms with van der Waals surface area (Å²) in [5, 5.41) is 5.41. The summed E-state index contributed by atoms with van der Waals surface area (Å²) in [5.74, 6) is -0.429. The van der Waals surface area contributed by atoms with E-state index < -0.39 is 6.04 Å². The molecule has 3 amide bonds. The average Bonchev–Trinajstić information content (AvgIpc) is 3.30. The van der Waals surface area contributed by atoms with E-state index in [2.05, 4.69) is 22.1 Å². The molecule has 32 heavy (non-hydrogen) atoms. The highest BCUT2D eigenvalue weighted by Crippen LogP contribution is 2.37. The SMILES string of the molecule is CC(C)C[C@H](C(=O)Nc1nc(CN2CCC(C)CC2)cs1)N1C(=O)[C@@H]2CC=CC[C@H]2C1=O. The normalized spacial score (nSPS) is 25.4. The van der Waals surface area contributed by atoms with Crippen LogP contribution in [0.4, 0.5) is 5.13 Å². The van der Waals surface area contributed by atoms with Crippen molar-refractivity contribution < 1.29 is 14.4 Å². The van der Waals surface area contributed by atoms with E-state index in [9.17, 15) is 14.4 Å². The van der Waals surface area contributed by atoms with Gasteiger partial charge in [0.15, 0.2) is 5.13 Å². The first kappa shape index (κ1) is 23.1. The molecule has 7 nitrogen and oxygen atoms in total. The smallest absolute Gasteiger partial charge is 0.249 e. The number of carbonyl (C=O) groups is 3. The zero-order chi connectivity index (χ0) is 22.8. The van der Waals surface area contributed by atoms with Crippen LogP contribution in [0.15, 0.2) is 17.5 Å². The van der Waals surface area contributed by atoms with E-state index in [1.165, 1.54) is 29.1 Å². The van der Waals surface area contributed by atoms with E-state index in [0.29, 0.717) is 24.4 Å². The van der Waals surface area contributed by atoms with Crippen LogP contribution in [-0.4, -0.2) is 51.6 Å². The van der Waals surface area contributed by atoms with Gasteiger partial charge in [-0.05, 0) is 57.0 Å². The second kappa shape index (κ2) is 9.83. The maximum absolute atomic E-state index is 13.3. The maximum atomic E-state index is 13.3. The predicted octanol–water partition coefficient (Wildman–Crippen LogP) is 3.68. The van der Waals surface area contributed by atoms with Crippen molar-refractivity contribution in [3.63, 3.8) is 0 Å². The van der Waals surface area contributed by atoms with Crippen LogP contribution < -0.4 is 5.32 Å². The third-order valence-electron chi connectivity index (χ3n) is 6.89. The number of imide groups is 1. The number of nitrogens with one attached hydrogen (secondary N) is 1. The van der Waals surface area contributed by atoms with Crippen molar-refractivity contribution in [2.24, 2.45) is 23.7 Å². The molecule has 1 aromatic rings. The van der Waals surface area contributed by atoms with Crippen molar-refractivity contribution in [1.29, 1.82) is 0 Å². The van der Waals surface area contributed by atoms with Gasteiger partial charge in [0.05, 0.1) is 17.5 Å². The van der Waals surface area contributed by atoms with Gasteiger partial charge in [-0.3, -0.25) is 24.2 Å². The first-order valence-electron chi connectivity index (χ1n) is 11.8. The van der Waals surface area contributed by atoms with Gasteiger partial charge in [0.2, 0.25) is 17.7 Å². The van der Waals surface area contributed by atoms with Gasteiger partial charge in [-0.1, -0.05) is 32.9 Å². The summed E-state index contributed by atoms with van der Waals surface area (Å²) in [6.45, 7) is 9.23. The van der Waals surface area contributed by atoms with Crippen molar-refractivity contribution in [3.05, 3.63) is 23.2 Å². The molecule has 0 unspecified atom stereocenters. The van der Waals surface area contributed by atoms with Crippen LogP contribution in [-0.2, 0) is 20.9 Å². The van der Waals surface area contributed by atoms with Crippen LogP contribution in [0.3, 0.4) is 0 Å². The van der Waals surface area contributed by atoms with Crippen LogP contribution in [0.1, 0.15) is 58.6 Å². The van der Waals surface area contributed by atoms with Crippen LogP contribution >= 0.6 is 11.3 Å². The first-order chi connectivity index (χ1) is 15.3. The number of carbonyl (C=O) groups excluding carboxylic acids is 3. The minimum atomic E-state index is -0.795. The van der Waals surface area contributed by atoms with Crippen molar-refractivity contribution >= 4 is 34.2 Å². The maximum Gasteiger partial charge on any atom is 0.249 e. The van der Waals surface area contributed by atoms with E-state index in [1.54, 1.807) is 0 Å². The molecule has 2 saturated heterocycles. The molecule has 3 heterocycles. The van der Waals surface area contributed by atoms with Crippen molar-refractivity contribution in [2.45, 2.75) is 65.5 Å². The Kier molecular flexibility index (Phi) is 7.10. The molecule has 0 bridgehead atoms. The summed E-state index contributed by atoms with van der Waals surface area (Å²) in [7, 11) is 0. The third-order valence-corrected chi connectivity index (χ3v) is 7.70. The number of fused-ring (bicyclic) bond motifs is 1. The van der Waals surface area contributed by atoms with E-state index in [4.69, 9.17) is 0 Å². The number of allylic oxidation sites excluding steroid dienone is 2. The van der Waals surface area contributed by atoms with E-state index in [0.717, 1.165) is 31.2 Å². The number of aromatic nitrogens is 1. The Balaban J connectivity index is 1.43. The number of amides is 3. The molecule has 0 radical (unpaired) electrons. The topological polar surface area (TPSA) is 82.6 Å². The largest absolute Gasteiger partial charge is 0.300 e. The molecule has 2 aliphatic heterocycles. The van der Waals surface area contributed by atoms with Gasteiger partial charge in [-0.15, -0.1) is 11.3 Å². The Morgan fingerprint density at radius 1 is 1.16 bits per heavy atom. The lowest BCUT2D eigenvalue weighted by molar-refractivity contribution is -0.147. The fourth-order valence-corrected chi connectivity index (χ4v) is 5.69. The zero-order valence-electron chi connectivity index (χ0n) is 19.3. The molecule has 1 aliphatic carbocycles. The van der Waals surface area contributed by atoms with Gasteiger partial charge in [-0.25, -0.2) is 4.98 Å². The van der Waals surface area contributed by atoms with Crippen molar-refractivity contribution in [1.82, 2.24) is 14.8 Å². The van der Waals surface area contributed by atoms with Crippen LogP contribution in [0.25, 0.3) is 0 Å². The third kappa shape index (κ3) is 4.96. The fourth-order valence-electron chi connectivity index (χ4n) is 4.98. The molecule has 4 rings (SSSR count). The minimum absolute atomic E-state index is 0.167. The van der Waals surface area contributed by atoms with Gasteiger partial charge in [0, 0.05) is 11.9 Å². The number of likely N-dealkylation sites (tertiary alicyclic amines) is 2. The fraction of sp³-hybridized carbons (Fsp3) is 0.667. The van der Waals surface area contributed by atoms with E-state index in [1.807, 2.05) is 31.4 Å². The van der Waals surface area contributed by atoms with Crippen molar-refractivity contribution in [2.75, 3.05) is 18.4 Å². The highest BCUT2D eigenvalue weighted by Gasteiger charge is 2.51. The Morgan fingerprint density at radius 2 is 1.78 bits per heavy atom. The Morgan fingerprint density at radius 3 is 2.38 bits per heavy atom. The molecule has 0 aromatic carbocycles. The lowest BCUT2D eigenvalue weighted by Crippen LogP contribution is -2.48. The molecule has 8 heteroatoms. The predicted molar refractivity (Wildman–Crippen MR) is 125 cm³/mol. The molecule has 1 N–H and O–H groups in total. The lowest BCUT2D eigenvalue weighted by Gasteiger charge is -2.29. The molecule has 2 fully saturated rings. The Hall–Kier alpha value is -2.06. The summed E-state index contributed by atoms with van der Waals surface area (Å²) in [5.41, 5.74) is 0.950. The highest BCUT2D eigenvalue weighted by molar-refractivity contribution is 7.13. The minimum Gasteiger partial charge on any atom is -0.300 e. The van der Waals surface area contributed by atoms with E-state index in [-0.39, 0.29) is 35.5 Å². The molecule has 3 atom stereocenters. The molecule has 1 aromatic heterocycles. The molecular weight excluding hydrogens is 424 g/mol. The number of nitrogens with zero attached hydrogens (tertiary/aromatic N) is 3. The molecule has 0 saturated carbocycles. The summed E-state index contributed by atoms with van der Waals surface area (Å²) < 4.78 is 0. The highest BCUT2D eigenvalue weighted by atomic mass is 32.1. The van der Waals surface area contributed by atoms with Crippen LogP contribution in [0.2, 0.25) is 0 Å². The summed E-state index contributed by atoms with van der Waals surface area (Å²) in [6, 6.07) is -0.795. The van der Waals surface area contributed by atoms with Gasteiger partial charge >= 0.3 is 0 Å². The van der Waals surface area contributed by atoms with Gasteiger partial charge in [0.25, 0.3) is 0 Å². The summed E-state index contributed by atoms with van der Waals surface area (Å²) in [4.78, 5) is 47.6. The second-order valence-electron chi connectivity index (χ2n) is 9.94. The first-order valence-corrected chi connectivity index (χ1v) is 12.7. The molecule has 0 spiro atoms. The van der Waals surface area contributed by atoms with Gasteiger partial charge < -0.3 is 5.32 Å². The molecule has 174 valence electrons. The quantitative estimate of drug-likeness (QED) is 0.498. The second-order valence-corrected chi connectivity index (χ2v) is 10.8. The zero-order valence-corrected chi connectivity index (χ0v) is 20.1. The van der Waals surface area contributed by atoms with E-state index >= 15 is 0 Å². The van der Waals surface area contributed by atoms with Gasteiger partial charge in [0.1, 0.15) is 6.04 Å². The van der Waals surface area contributed by atoms with Crippen molar-refractivity contribution in [3.8, 4) is 0 Å².